The Balaban J connectivity index is 1.09. The lowest BCUT2D eigenvalue weighted by Gasteiger charge is -2.39. The molecule has 0 saturated carbocycles. The van der Waals surface area contributed by atoms with E-state index in [0.717, 1.165) is 42.0 Å². The number of ether oxygens (including phenoxy) is 1. The number of halogens is 2. The Morgan fingerprint density at radius 1 is 0.884 bits per heavy atom. The molecule has 6 rings (SSSR count). The third-order valence-electron chi connectivity index (χ3n) is 8.50. The Labute approximate surface area is 261 Å². The number of rotatable bonds is 7. The number of amides is 2. The van der Waals surface area contributed by atoms with E-state index in [2.05, 4.69) is 33.7 Å². The van der Waals surface area contributed by atoms with Crippen molar-refractivity contribution in [2.75, 3.05) is 46.4 Å². The highest BCUT2D eigenvalue weighted by molar-refractivity contribution is 6.42. The van der Waals surface area contributed by atoms with Crippen molar-refractivity contribution in [3.05, 3.63) is 93.7 Å². The maximum atomic E-state index is 13.6. The molecular formula is C33H35Cl2N5O3. The molecule has 3 aromatic carbocycles. The second kappa shape index (κ2) is 13.0. The van der Waals surface area contributed by atoms with Gasteiger partial charge in [0.25, 0.3) is 5.91 Å². The number of para-hydroxylation sites is 2. The average Bonchev–Trinajstić information content (AvgIpc) is 3.38. The minimum atomic E-state index is -0.0907. The monoisotopic (exact) mass is 619 g/mol. The standard InChI is InChI=1S/C33H35Cl2N5O3/c1-43-26-11-8-23(9-12-26)20-40-30-7-3-2-6-29(30)36-31(40)22-37-14-4-5-25(21-37)33(42)39-17-15-38(16-18-39)32(41)24-10-13-27(34)28(35)19-24/h2-3,6-13,19,25H,4-5,14-18,20-22H2,1H3/t25-/m0/s1. The zero-order valence-electron chi connectivity index (χ0n) is 24.2. The van der Waals surface area contributed by atoms with Crippen LogP contribution in [0.2, 0.25) is 10.0 Å². The van der Waals surface area contributed by atoms with Gasteiger partial charge in [-0.15, -0.1) is 0 Å². The fourth-order valence-electron chi connectivity index (χ4n) is 6.14. The summed E-state index contributed by atoms with van der Waals surface area (Å²) in [5.41, 5.74) is 3.76. The van der Waals surface area contributed by atoms with Crippen molar-refractivity contribution in [2.45, 2.75) is 25.9 Å². The number of carbonyl (C=O) groups is 2. The summed E-state index contributed by atoms with van der Waals surface area (Å²) < 4.78 is 7.62. The highest BCUT2D eigenvalue weighted by Crippen LogP contribution is 2.26. The van der Waals surface area contributed by atoms with Crippen molar-refractivity contribution in [3.8, 4) is 5.75 Å². The van der Waals surface area contributed by atoms with Gasteiger partial charge < -0.3 is 19.1 Å². The average molecular weight is 621 g/mol. The molecule has 2 amide bonds. The van der Waals surface area contributed by atoms with E-state index >= 15 is 0 Å². The molecule has 1 aromatic heterocycles. The van der Waals surface area contributed by atoms with Gasteiger partial charge in [0, 0.05) is 44.8 Å². The smallest absolute Gasteiger partial charge is 0.254 e. The molecule has 43 heavy (non-hydrogen) atoms. The quantitative estimate of drug-likeness (QED) is 0.269. The fraction of sp³-hybridized carbons (Fsp3) is 0.364. The molecule has 2 fully saturated rings. The first-order chi connectivity index (χ1) is 20.9. The molecule has 2 saturated heterocycles. The number of benzene rings is 3. The lowest BCUT2D eigenvalue weighted by Crippen LogP contribution is -2.53. The van der Waals surface area contributed by atoms with Gasteiger partial charge in [-0.3, -0.25) is 14.5 Å². The summed E-state index contributed by atoms with van der Waals surface area (Å²) in [6.45, 7) is 5.07. The van der Waals surface area contributed by atoms with Crippen molar-refractivity contribution in [3.63, 3.8) is 0 Å². The summed E-state index contributed by atoms with van der Waals surface area (Å²) in [4.78, 5) is 37.7. The summed E-state index contributed by atoms with van der Waals surface area (Å²) in [6, 6.07) is 21.3. The van der Waals surface area contributed by atoms with Crippen LogP contribution in [0, 0.1) is 5.92 Å². The molecule has 2 aliphatic rings. The SMILES string of the molecule is COc1ccc(Cn2c(CN3CCC[C@H](C(=O)N4CCN(C(=O)c5ccc(Cl)c(Cl)c5)CC4)C3)nc3ccccc32)cc1. The molecule has 4 aromatic rings. The third-order valence-corrected chi connectivity index (χ3v) is 9.24. The Hall–Kier alpha value is -3.59. The van der Waals surface area contributed by atoms with E-state index in [1.807, 2.05) is 29.2 Å². The van der Waals surface area contributed by atoms with Crippen LogP contribution in [-0.2, 0) is 17.9 Å². The first kappa shape index (κ1) is 29.5. The number of aromatic nitrogens is 2. The van der Waals surface area contributed by atoms with Crippen LogP contribution in [0.5, 0.6) is 5.75 Å². The van der Waals surface area contributed by atoms with E-state index in [1.54, 1.807) is 30.2 Å². The predicted molar refractivity (Wildman–Crippen MR) is 169 cm³/mol. The predicted octanol–water partition coefficient (Wildman–Crippen LogP) is 5.60. The largest absolute Gasteiger partial charge is 0.497 e. The molecular weight excluding hydrogens is 585 g/mol. The first-order valence-electron chi connectivity index (χ1n) is 14.7. The molecule has 0 N–H and O–H groups in total. The molecule has 3 heterocycles. The number of piperidine rings is 1. The normalized spacial score (nSPS) is 17.8. The van der Waals surface area contributed by atoms with Gasteiger partial charge in [-0.25, -0.2) is 4.98 Å². The van der Waals surface area contributed by atoms with Crippen molar-refractivity contribution in [1.82, 2.24) is 24.3 Å². The molecule has 1 atom stereocenters. The molecule has 10 heteroatoms. The number of likely N-dealkylation sites (tertiary alicyclic amines) is 1. The van der Waals surface area contributed by atoms with Crippen LogP contribution >= 0.6 is 23.2 Å². The highest BCUT2D eigenvalue weighted by Gasteiger charge is 2.32. The summed E-state index contributed by atoms with van der Waals surface area (Å²) in [5.74, 6) is 1.86. The van der Waals surface area contributed by atoms with Crippen LogP contribution in [0.3, 0.4) is 0 Å². The van der Waals surface area contributed by atoms with Gasteiger partial charge >= 0.3 is 0 Å². The summed E-state index contributed by atoms with van der Waals surface area (Å²) in [5, 5.41) is 0.782. The van der Waals surface area contributed by atoms with Gasteiger partial charge in [0.2, 0.25) is 5.91 Å². The van der Waals surface area contributed by atoms with Crippen LogP contribution in [0.25, 0.3) is 11.0 Å². The molecule has 0 aliphatic carbocycles. The Bertz CT molecular complexity index is 1610. The molecule has 0 bridgehead atoms. The molecule has 0 spiro atoms. The van der Waals surface area contributed by atoms with E-state index < -0.39 is 0 Å². The molecule has 0 radical (unpaired) electrons. The second-order valence-electron chi connectivity index (χ2n) is 11.3. The van der Waals surface area contributed by atoms with Crippen LogP contribution in [0.15, 0.2) is 66.7 Å². The summed E-state index contributed by atoms with van der Waals surface area (Å²) >= 11 is 12.1. The summed E-state index contributed by atoms with van der Waals surface area (Å²) in [7, 11) is 1.67. The second-order valence-corrected chi connectivity index (χ2v) is 12.1. The van der Waals surface area contributed by atoms with Gasteiger partial charge in [-0.2, -0.15) is 0 Å². The minimum Gasteiger partial charge on any atom is -0.497 e. The van der Waals surface area contributed by atoms with E-state index in [9.17, 15) is 9.59 Å². The maximum absolute atomic E-state index is 13.6. The highest BCUT2D eigenvalue weighted by atomic mass is 35.5. The fourth-order valence-corrected chi connectivity index (χ4v) is 6.43. The van der Waals surface area contributed by atoms with Crippen LogP contribution in [0.1, 0.15) is 34.6 Å². The lowest BCUT2D eigenvalue weighted by atomic mass is 9.96. The topological polar surface area (TPSA) is 70.9 Å². The number of fused-ring (bicyclic) bond motifs is 1. The third kappa shape index (κ3) is 6.51. The van der Waals surface area contributed by atoms with E-state index in [4.69, 9.17) is 32.9 Å². The number of carbonyl (C=O) groups excluding carboxylic acids is 2. The van der Waals surface area contributed by atoms with E-state index in [-0.39, 0.29) is 17.7 Å². The van der Waals surface area contributed by atoms with Crippen LogP contribution in [0.4, 0.5) is 0 Å². The van der Waals surface area contributed by atoms with Crippen molar-refractivity contribution < 1.29 is 14.3 Å². The maximum Gasteiger partial charge on any atom is 0.254 e. The van der Waals surface area contributed by atoms with E-state index in [1.165, 1.54) is 5.56 Å². The number of hydrogen-bond donors (Lipinski definition) is 0. The van der Waals surface area contributed by atoms with Gasteiger partial charge in [-0.1, -0.05) is 47.5 Å². The van der Waals surface area contributed by atoms with Gasteiger partial charge in [0.1, 0.15) is 11.6 Å². The van der Waals surface area contributed by atoms with Crippen molar-refractivity contribution in [2.24, 2.45) is 5.92 Å². The first-order valence-corrected chi connectivity index (χ1v) is 15.5. The summed E-state index contributed by atoms with van der Waals surface area (Å²) in [6.07, 6.45) is 1.84. The van der Waals surface area contributed by atoms with Crippen molar-refractivity contribution in [1.29, 1.82) is 0 Å². The Kier molecular flexibility index (Phi) is 8.88. The van der Waals surface area contributed by atoms with E-state index in [0.29, 0.717) is 61.4 Å². The molecule has 2 aliphatic heterocycles. The zero-order chi connectivity index (χ0) is 29.9. The molecule has 224 valence electrons. The minimum absolute atomic E-state index is 0.0644. The van der Waals surface area contributed by atoms with Gasteiger partial charge in [0.15, 0.2) is 0 Å². The number of hydrogen-bond acceptors (Lipinski definition) is 5. The number of piperazine rings is 1. The number of methoxy groups -OCH3 is 1. The Morgan fingerprint density at radius 3 is 2.37 bits per heavy atom. The molecule has 8 nitrogen and oxygen atoms in total. The van der Waals surface area contributed by atoms with Crippen molar-refractivity contribution >= 4 is 46.0 Å². The van der Waals surface area contributed by atoms with Gasteiger partial charge in [-0.05, 0) is 67.4 Å². The zero-order valence-corrected chi connectivity index (χ0v) is 25.7. The number of nitrogens with zero attached hydrogens (tertiary/aromatic N) is 5. The number of imidazole rings is 1. The van der Waals surface area contributed by atoms with Crippen LogP contribution in [-0.4, -0.2) is 82.4 Å². The van der Waals surface area contributed by atoms with Gasteiger partial charge in [0.05, 0.1) is 40.7 Å². The van der Waals surface area contributed by atoms with Crippen LogP contribution < -0.4 is 4.74 Å². The molecule has 0 unspecified atom stereocenters. The Morgan fingerprint density at radius 2 is 1.63 bits per heavy atom. The lowest BCUT2D eigenvalue weighted by molar-refractivity contribution is -0.139.